The van der Waals surface area contributed by atoms with E-state index in [1.807, 2.05) is 18.3 Å². The highest BCUT2D eigenvalue weighted by Crippen LogP contribution is 2.22. The second kappa shape index (κ2) is 7.26. The third-order valence-corrected chi connectivity index (χ3v) is 4.79. The molecule has 1 aromatic heterocycles. The van der Waals surface area contributed by atoms with Crippen LogP contribution in [0.2, 0.25) is 5.02 Å². The first-order valence-corrected chi connectivity index (χ1v) is 8.76. The maximum Gasteiger partial charge on any atom is 0.242 e. The topological polar surface area (TPSA) is 74.0 Å². The Morgan fingerprint density at radius 1 is 1.33 bits per heavy atom. The number of rotatable bonds is 5. The second-order valence-corrected chi connectivity index (χ2v) is 6.90. The average Bonchev–Trinajstić information content (AvgIpc) is 3.17. The van der Waals surface area contributed by atoms with Crippen LogP contribution in [-0.2, 0) is 16.0 Å². The first-order chi connectivity index (χ1) is 11.5. The van der Waals surface area contributed by atoms with Gasteiger partial charge >= 0.3 is 0 Å². The minimum atomic E-state index is -0.530. The lowest BCUT2D eigenvalue weighted by atomic mass is 10.1. The molecule has 1 fully saturated rings. The molecule has 0 bridgehead atoms. The summed E-state index contributed by atoms with van der Waals surface area (Å²) in [5.74, 6) is -0.277. The summed E-state index contributed by atoms with van der Waals surface area (Å²) in [6, 6.07) is 5.26. The zero-order valence-electron chi connectivity index (χ0n) is 13.7. The lowest BCUT2D eigenvalue weighted by Gasteiger charge is -2.17. The molecule has 1 atom stereocenters. The summed E-state index contributed by atoms with van der Waals surface area (Å²) in [7, 11) is 0. The van der Waals surface area contributed by atoms with Crippen LogP contribution in [0.25, 0.3) is 10.9 Å². The molecule has 2 amide bonds. The van der Waals surface area contributed by atoms with Gasteiger partial charge in [-0.2, -0.15) is 0 Å². The van der Waals surface area contributed by atoms with Crippen LogP contribution < -0.4 is 10.6 Å². The molecule has 1 unspecified atom stereocenters. The van der Waals surface area contributed by atoms with E-state index in [0.717, 1.165) is 42.1 Å². The molecule has 6 heteroatoms. The van der Waals surface area contributed by atoms with Gasteiger partial charge in [-0.3, -0.25) is 9.59 Å². The average molecular weight is 348 g/mol. The number of nitrogens with one attached hydrogen (secondary N) is 3. The van der Waals surface area contributed by atoms with Crippen LogP contribution in [-0.4, -0.2) is 28.9 Å². The fraction of sp³-hybridized carbons (Fsp3) is 0.444. The summed E-state index contributed by atoms with van der Waals surface area (Å²) in [6.07, 6.45) is 6.42. The molecule has 24 heavy (non-hydrogen) atoms. The molecule has 128 valence electrons. The Labute approximate surface area is 146 Å². The molecule has 0 saturated heterocycles. The number of aromatic nitrogens is 1. The van der Waals surface area contributed by atoms with Gasteiger partial charge in [0, 0.05) is 28.2 Å². The molecule has 1 aliphatic rings. The fourth-order valence-corrected chi connectivity index (χ4v) is 3.40. The summed E-state index contributed by atoms with van der Waals surface area (Å²) in [5.41, 5.74) is 1.79. The summed E-state index contributed by atoms with van der Waals surface area (Å²) >= 11 is 5.96. The van der Waals surface area contributed by atoms with Crippen molar-refractivity contribution in [2.24, 2.45) is 0 Å². The Morgan fingerprint density at radius 2 is 2.08 bits per heavy atom. The van der Waals surface area contributed by atoms with Gasteiger partial charge in [0.25, 0.3) is 0 Å². The molecule has 1 saturated carbocycles. The number of hydrogen-bond donors (Lipinski definition) is 3. The molecule has 0 radical (unpaired) electrons. The number of carbonyl (C=O) groups excluding carboxylic acids is 2. The standard InChI is InChI=1S/C18H22ClN3O2/c1-11(18(24)22-14-4-2-3-5-14)21-17(23)8-12-10-20-16-9-13(19)6-7-15(12)16/h6-7,9-11,14,20H,2-5,8H2,1H3,(H,21,23)(H,22,24). The van der Waals surface area contributed by atoms with E-state index in [4.69, 9.17) is 11.6 Å². The zero-order chi connectivity index (χ0) is 17.1. The van der Waals surface area contributed by atoms with Gasteiger partial charge in [-0.05, 0) is 37.5 Å². The van der Waals surface area contributed by atoms with E-state index in [2.05, 4.69) is 15.6 Å². The molecule has 0 aliphatic heterocycles. The van der Waals surface area contributed by atoms with Gasteiger partial charge in [0.05, 0.1) is 6.42 Å². The SMILES string of the molecule is CC(NC(=O)Cc1c[nH]c2cc(Cl)ccc12)C(=O)NC1CCCC1. The molecule has 1 aliphatic carbocycles. The van der Waals surface area contributed by atoms with Crippen LogP contribution >= 0.6 is 11.6 Å². The van der Waals surface area contributed by atoms with Crippen LogP contribution in [0.1, 0.15) is 38.2 Å². The first-order valence-electron chi connectivity index (χ1n) is 8.38. The molecular formula is C18H22ClN3O2. The Morgan fingerprint density at radius 3 is 2.83 bits per heavy atom. The lowest BCUT2D eigenvalue weighted by Crippen LogP contribution is -2.47. The second-order valence-electron chi connectivity index (χ2n) is 6.46. The molecule has 0 spiro atoms. The molecule has 1 aromatic carbocycles. The van der Waals surface area contributed by atoms with Gasteiger partial charge in [0.2, 0.25) is 11.8 Å². The number of fused-ring (bicyclic) bond motifs is 1. The number of aromatic amines is 1. The van der Waals surface area contributed by atoms with E-state index in [0.29, 0.717) is 5.02 Å². The van der Waals surface area contributed by atoms with Crippen molar-refractivity contribution in [2.75, 3.05) is 0 Å². The molecule has 3 N–H and O–H groups in total. The van der Waals surface area contributed by atoms with Crippen molar-refractivity contribution in [3.05, 3.63) is 35.0 Å². The zero-order valence-corrected chi connectivity index (χ0v) is 14.5. The third-order valence-electron chi connectivity index (χ3n) is 4.55. The maximum absolute atomic E-state index is 12.2. The van der Waals surface area contributed by atoms with Crippen LogP contribution in [0.15, 0.2) is 24.4 Å². The molecule has 1 heterocycles. The van der Waals surface area contributed by atoms with Crippen LogP contribution in [0.3, 0.4) is 0 Å². The summed E-state index contributed by atoms with van der Waals surface area (Å²) in [5, 5.41) is 7.40. The molecule has 3 rings (SSSR count). The van der Waals surface area contributed by atoms with Crippen molar-refractivity contribution < 1.29 is 9.59 Å². The number of benzene rings is 1. The Hall–Kier alpha value is -2.01. The van der Waals surface area contributed by atoms with Gasteiger partial charge < -0.3 is 15.6 Å². The molecular weight excluding hydrogens is 326 g/mol. The normalized spacial score (nSPS) is 16.2. The predicted molar refractivity (Wildman–Crippen MR) is 95.0 cm³/mol. The van der Waals surface area contributed by atoms with Crippen molar-refractivity contribution in [3.8, 4) is 0 Å². The minimum absolute atomic E-state index is 0.110. The van der Waals surface area contributed by atoms with Gasteiger partial charge in [-0.15, -0.1) is 0 Å². The maximum atomic E-state index is 12.2. The van der Waals surface area contributed by atoms with Crippen LogP contribution in [0, 0.1) is 0 Å². The van der Waals surface area contributed by atoms with Crippen molar-refractivity contribution in [3.63, 3.8) is 0 Å². The Bertz CT molecular complexity index is 750. The number of hydrogen-bond acceptors (Lipinski definition) is 2. The van der Waals surface area contributed by atoms with E-state index < -0.39 is 6.04 Å². The van der Waals surface area contributed by atoms with Gasteiger partial charge in [0.1, 0.15) is 6.04 Å². The Balaban J connectivity index is 1.56. The van der Waals surface area contributed by atoms with Crippen LogP contribution in [0.5, 0.6) is 0 Å². The summed E-state index contributed by atoms with van der Waals surface area (Å²) in [6.45, 7) is 1.72. The van der Waals surface area contributed by atoms with Gasteiger partial charge in [0.15, 0.2) is 0 Å². The first kappa shape index (κ1) is 16.8. The van der Waals surface area contributed by atoms with Crippen molar-refractivity contribution in [1.29, 1.82) is 0 Å². The molecule has 5 nitrogen and oxygen atoms in total. The van der Waals surface area contributed by atoms with E-state index in [-0.39, 0.29) is 24.3 Å². The predicted octanol–water partition coefficient (Wildman–Crippen LogP) is 2.93. The number of carbonyl (C=O) groups is 2. The fourth-order valence-electron chi connectivity index (χ4n) is 3.23. The third kappa shape index (κ3) is 3.90. The Kier molecular flexibility index (Phi) is 5.09. The van der Waals surface area contributed by atoms with Gasteiger partial charge in [-0.25, -0.2) is 0 Å². The highest BCUT2D eigenvalue weighted by molar-refractivity contribution is 6.31. The lowest BCUT2D eigenvalue weighted by molar-refractivity contribution is -0.128. The van der Waals surface area contributed by atoms with Crippen LogP contribution in [0.4, 0.5) is 0 Å². The smallest absolute Gasteiger partial charge is 0.242 e. The van der Waals surface area contributed by atoms with Gasteiger partial charge in [-0.1, -0.05) is 30.5 Å². The number of halogens is 1. The van der Waals surface area contributed by atoms with Crippen molar-refractivity contribution >= 4 is 34.3 Å². The number of H-pyrrole nitrogens is 1. The monoisotopic (exact) mass is 347 g/mol. The minimum Gasteiger partial charge on any atom is -0.361 e. The molecule has 2 aromatic rings. The van der Waals surface area contributed by atoms with E-state index in [9.17, 15) is 9.59 Å². The van der Waals surface area contributed by atoms with E-state index in [1.165, 1.54) is 0 Å². The largest absolute Gasteiger partial charge is 0.361 e. The quantitative estimate of drug-likeness (QED) is 0.778. The summed E-state index contributed by atoms with van der Waals surface area (Å²) < 4.78 is 0. The van der Waals surface area contributed by atoms with Crippen molar-refractivity contribution in [2.45, 2.75) is 51.1 Å². The van der Waals surface area contributed by atoms with E-state index >= 15 is 0 Å². The van der Waals surface area contributed by atoms with E-state index in [1.54, 1.807) is 13.0 Å². The highest BCUT2D eigenvalue weighted by atomic mass is 35.5. The number of amides is 2. The summed E-state index contributed by atoms with van der Waals surface area (Å²) in [4.78, 5) is 27.5. The van der Waals surface area contributed by atoms with Crippen molar-refractivity contribution in [1.82, 2.24) is 15.6 Å². The highest BCUT2D eigenvalue weighted by Gasteiger charge is 2.22.